The summed E-state index contributed by atoms with van der Waals surface area (Å²) in [7, 11) is 2.13. The highest BCUT2D eigenvalue weighted by atomic mass is 16.5. The second kappa shape index (κ2) is 12.5. The molecule has 1 saturated carbocycles. The Kier molecular flexibility index (Phi) is 9.10. The summed E-state index contributed by atoms with van der Waals surface area (Å²) >= 11 is 0. The molecule has 3 atom stereocenters. The smallest absolute Gasteiger partial charge is 0.275 e. The van der Waals surface area contributed by atoms with Gasteiger partial charge >= 0.3 is 0 Å². The molecule has 2 N–H and O–H groups in total. The van der Waals surface area contributed by atoms with Crippen molar-refractivity contribution in [2.24, 2.45) is 11.8 Å². The van der Waals surface area contributed by atoms with Crippen molar-refractivity contribution < 1.29 is 19.4 Å². The maximum atomic E-state index is 13.6. The second-order valence-electron chi connectivity index (χ2n) is 10.6. The van der Waals surface area contributed by atoms with Gasteiger partial charge in [-0.1, -0.05) is 32.3 Å². The molecular formula is C28H39N5O4. The van der Waals surface area contributed by atoms with Gasteiger partial charge in [-0.15, -0.1) is 0 Å². The Hall–Kier alpha value is -3.04. The number of nitrogens with one attached hydrogen (secondary N) is 1. The third-order valence-electron chi connectivity index (χ3n) is 7.52. The van der Waals surface area contributed by atoms with E-state index >= 15 is 0 Å². The Labute approximate surface area is 219 Å². The molecular weight excluding hydrogens is 470 g/mol. The quantitative estimate of drug-likeness (QED) is 0.561. The molecule has 0 bridgehead atoms. The van der Waals surface area contributed by atoms with Gasteiger partial charge in [-0.2, -0.15) is 0 Å². The number of hydrogen-bond acceptors (Lipinski definition) is 7. The number of ether oxygens (including phenoxy) is 1. The number of aromatic nitrogens is 2. The molecule has 1 aliphatic heterocycles. The minimum Gasteiger partial charge on any atom is -0.486 e. The number of para-hydroxylation sites is 1. The number of benzene rings is 1. The zero-order valence-electron chi connectivity index (χ0n) is 22.1. The van der Waals surface area contributed by atoms with E-state index in [4.69, 9.17) is 4.74 Å². The molecule has 1 aromatic heterocycles. The van der Waals surface area contributed by atoms with Crippen LogP contribution in [0.4, 0.5) is 5.69 Å². The van der Waals surface area contributed by atoms with Crippen LogP contribution in [0, 0.1) is 11.8 Å². The van der Waals surface area contributed by atoms with Gasteiger partial charge in [0.25, 0.3) is 11.8 Å². The number of anilines is 1. The monoisotopic (exact) mass is 509 g/mol. The fourth-order valence-corrected chi connectivity index (χ4v) is 5.35. The lowest BCUT2D eigenvalue weighted by Crippen LogP contribution is -2.50. The fourth-order valence-electron chi connectivity index (χ4n) is 5.35. The van der Waals surface area contributed by atoms with Crippen LogP contribution in [0.2, 0.25) is 0 Å². The van der Waals surface area contributed by atoms with E-state index in [1.807, 2.05) is 6.92 Å². The molecule has 0 radical (unpaired) electrons. The molecule has 0 spiro atoms. The molecule has 2 heterocycles. The summed E-state index contributed by atoms with van der Waals surface area (Å²) in [4.78, 5) is 38.6. The summed E-state index contributed by atoms with van der Waals surface area (Å²) in [6.45, 7) is 5.97. The zero-order chi connectivity index (χ0) is 26.4. The summed E-state index contributed by atoms with van der Waals surface area (Å²) in [6.07, 6.45) is 10.6. The number of aliphatic hydroxyl groups is 1. The van der Waals surface area contributed by atoms with E-state index in [1.165, 1.54) is 50.7 Å². The highest BCUT2D eigenvalue weighted by Crippen LogP contribution is 2.35. The molecule has 1 aliphatic carbocycles. The SMILES string of the molecule is C[C@H](CO)N1C[C@H](C)[C@@H](CN(C)CC2CCCCC2)Oc2c(NC(=O)c3cnccn3)cccc2C1=O. The molecule has 0 saturated heterocycles. The number of likely N-dealkylation sites (N-methyl/N-ethyl adjacent to an activating group) is 1. The van der Waals surface area contributed by atoms with E-state index in [1.54, 1.807) is 23.1 Å². The van der Waals surface area contributed by atoms with Gasteiger partial charge in [0.1, 0.15) is 11.8 Å². The average Bonchev–Trinajstić information content (AvgIpc) is 2.91. The van der Waals surface area contributed by atoms with Crippen LogP contribution in [-0.2, 0) is 0 Å². The Morgan fingerprint density at radius 3 is 2.73 bits per heavy atom. The minimum absolute atomic E-state index is 0.00338. The van der Waals surface area contributed by atoms with E-state index in [-0.39, 0.29) is 36.3 Å². The first-order chi connectivity index (χ1) is 17.9. The van der Waals surface area contributed by atoms with Gasteiger partial charge in [0.15, 0.2) is 5.75 Å². The lowest BCUT2D eigenvalue weighted by atomic mass is 9.89. The summed E-state index contributed by atoms with van der Waals surface area (Å²) in [5.74, 6) is 0.391. The zero-order valence-corrected chi connectivity index (χ0v) is 22.1. The highest BCUT2D eigenvalue weighted by Gasteiger charge is 2.35. The van der Waals surface area contributed by atoms with Crippen LogP contribution in [0.1, 0.15) is 66.8 Å². The van der Waals surface area contributed by atoms with Gasteiger partial charge in [-0.25, -0.2) is 4.98 Å². The van der Waals surface area contributed by atoms with Crippen LogP contribution in [0.15, 0.2) is 36.8 Å². The molecule has 37 heavy (non-hydrogen) atoms. The van der Waals surface area contributed by atoms with Crippen molar-refractivity contribution in [1.82, 2.24) is 19.8 Å². The first-order valence-corrected chi connectivity index (χ1v) is 13.3. The normalized spacial score (nSPS) is 21.5. The van der Waals surface area contributed by atoms with Crippen LogP contribution >= 0.6 is 0 Å². The molecule has 2 amide bonds. The topological polar surface area (TPSA) is 108 Å². The van der Waals surface area contributed by atoms with Gasteiger partial charge in [0, 0.05) is 37.9 Å². The van der Waals surface area contributed by atoms with Crippen LogP contribution in [0.25, 0.3) is 0 Å². The van der Waals surface area contributed by atoms with Crippen LogP contribution in [-0.4, -0.2) is 82.1 Å². The Morgan fingerprint density at radius 2 is 2.03 bits per heavy atom. The maximum Gasteiger partial charge on any atom is 0.275 e. The maximum absolute atomic E-state index is 13.6. The van der Waals surface area contributed by atoms with Crippen molar-refractivity contribution in [2.75, 3.05) is 38.6 Å². The molecule has 4 rings (SSSR count). The molecule has 2 aromatic rings. The Bertz CT molecular complexity index is 1060. The number of hydrogen-bond donors (Lipinski definition) is 2. The second-order valence-corrected chi connectivity index (χ2v) is 10.6. The van der Waals surface area contributed by atoms with Crippen molar-refractivity contribution in [1.29, 1.82) is 0 Å². The number of carbonyl (C=O) groups excluding carboxylic acids is 2. The van der Waals surface area contributed by atoms with Gasteiger partial charge in [-0.3, -0.25) is 14.6 Å². The van der Waals surface area contributed by atoms with E-state index < -0.39 is 5.91 Å². The minimum atomic E-state index is -0.431. The van der Waals surface area contributed by atoms with Gasteiger partial charge in [0.2, 0.25) is 0 Å². The number of nitrogens with zero attached hydrogens (tertiary/aromatic N) is 4. The molecule has 0 unspecified atom stereocenters. The predicted octanol–water partition coefficient (Wildman–Crippen LogP) is 3.46. The number of fused-ring (bicyclic) bond motifs is 1. The lowest BCUT2D eigenvalue weighted by Gasteiger charge is -2.39. The van der Waals surface area contributed by atoms with E-state index in [0.717, 1.165) is 6.54 Å². The molecule has 200 valence electrons. The fraction of sp³-hybridized carbons (Fsp3) is 0.571. The first kappa shape index (κ1) is 27.0. The summed E-state index contributed by atoms with van der Waals surface area (Å²) in [6, 6.07) is 4.82. The van der Waals surface area contributed by atoms with Crippen molar-refractivity contribution in [3.05, 3.63) is 48.0 Å². The van der Waals surface area contributed by atoms with E-state index in [0.29, 0.717) is 36.0 Å². The molecule has 1 aromatic carbocycles. The lowest BCUT2D eigenvalue weighted by molar-refractivity contribution is 0.0332. The third kappa shape index (κ3) is 6.64. The molecule has 9 heteroatoms. The van der Waals surface area contributed by atoms with Crippen molar-refractivity contribution in [2.45, 2.75) is 58.1 Å². The number of amides is 2. The summed E-state index contributed by atoms with van der Waals surface area (Å²) in [5.41, 5.74) is 0.946. The molecule has 9 nitrogen and oxygen atoms in total. The number of carbonyl (C=O) groups is 2. The van der Waals surface area contributed by atoms with Crippen molar-refractivity contribution in [3.63, 3.8) is 0 Å². The molecule has 1 fully saturated rings. The van der Waals surface area contributed by atoms with Crippen molar-refractivity contribution >= 4 is 17.5 Å². The van der Waals surface area contributed by atoms with E-state index in [2.05, 4.69) is 34.2 Å². The number of rotatable bonds is 8. The van der Waals surface area contributed by atoms with Crippen LogP contribution in [0.3, 0.4) is 0 Å². The average molecular weight is 510 g/mol. The van der Waals surface area contributed by atoms with Gasteiger partial charge < -0.3 is 25.0 Å². The van der Waals surface area contributed by atoms with Gasteiger partial charge in [-0.05, 0) is 44.9 Å². The van der Waals surface area contributed by atoms with E-state index in [9.17, 15) is 14.7 Å². The first-order valence-electron chi connectivity index (χ1n) is 13.3. The summed E-state index contributed by atoms with van der Waals surface area (Å²) in [5, 5.41) is 12.8. The number of aliphatic hydroxyl groups excluding tert-OH is 1. The van der Waals surface area contributed by atoms with Crippen LogP contribution < -0.4 is 10.1 Å². The predicted molar refractivity (Wildman–Crippen MR) is 142 cm³/mol. The van der Waals surface area contributed by atoms with Crippen molar-refractivity contribution in [3.8, 4) is 5.75 Å². The molecule has 2 aliphatic rings. The Balaban J connectivity index is 1.63. The van der Waals surface area contributed by atoms with Crippen LogP contribution in [0.5, 0.6) is 5.75 Å². The standard InChI is InChI=1S/C28H39N5O4/c1-19-15-33(20(2)18-34)28(36)22-10-7-11-23(31-27(35)24-14-29-12-13-30-24)26(22)37-25(19)17-32(3)16-21-8-5-4-6-9-21/h7,10-14,19-21,25,34H,4-6,8-9,15-18H2,1-3H3,(H,31,35)/t19-,20+,25+/m0/s1. The highest BCUT2D eigenvalue weighted by molar-refractivity contribution is 6.06. The largest absolute Gasteiger partial charge is 0.486 e. The van der Waals surface area contributed by atoms with Gasteiger partial charge in [0.05, 0.1) is 30.1 Å². The Morgan fingerprint density at radius 1 is 1.24 bits per heavy atom. The summed E-state index contributed by atoms with van der Waals surface area (Å²) < 4.78 is 6.61. The third-order valence-corrected chi connectivity index (χ3v) is 7.52.